The Morgan fingerprint density at radius 2 is 2.78 bits per heavy atom. The van der Waals surface area contributed by atoms with E-state index in [1.165, 1.54) is 0 Å². The topological polar surface area (TPSA) is 30.3 Å². The summed E-state index contributed by atoms with van der Waals surface area (Å²) in [4.78, 5) is 4.12. The van der Waals surface area contributed by atoms with Gasteiger partial charge in [0.15, 0.2) is 6.20 Å². The Morgan fingerprint density at radius 1 is 1.78 bits per heavy atom. The number of nitrogens with zero attached hydrogens (tertiary/aromatic N) is 2. The molecule has 1 saturated heterocycles. The molecule has 0 aromatic carbocycles. The van der Waals surface area contributed by atoms with Crippen molar-refractivity contribution in [2.45, 2.75) is 0 Å². The summed E-state index contributed by atoms with van der Waals surface area (Å²) in [5.74, 6) is 1.12. The maximum absolute atomic E-state index is 4.12. The lowest BCUT2D eigenvalue weighted by molar-refractivity contribution is 0.555. The van der Waals surface area contributed by atoms with E-state index in [0.29, 0.717) is 0 Å². The van der Waals surface area contributed by atoms with Crippen LogP contribution in [-0.2, 0) is 0 Å². The summed E-state index contributed by atoms with van der Waals surface area (Å²) in [5.41, 5.74) is 3.18. The van der Waals surface area contributed by atoms with Crippen LogP contribution in [0.25, 0.3) is 0 Å². The zero-order valence-corrected chi connectivity index (χ0v) is 5.69. The van der Waals surface area contributed by atoms with Gasteiger partial charge in [0.1, 0.15) is 0 Å². The smallest absolute Gasteiger partial charge is 0.186 e. The van der Waals surface area contributed by atoms with Gasteiger partial charge in [-0.05, 0) is 11.8 Å². The molecule has 0 aromatic heterocycles. The Bertz CT molecular complexity index is 175. The normalized spacial score (nSPS) is 26.0. The summed E-state index contributed by atoms with van der Waals surface area (Å²) in [7, 11) is 0. The molecule has 0 atom stereocenters. The van der Waals surface area contributed by atoms with Crippen molar-refractivity contribution in [2.75, 3.05) is 12.3 Å². The molecule has 0 bridgehead atoms. The van der Waals surface area contributed by atoms with E-state index in [2.05, 4.69) is 10.4 Å². The lowest BCUT2D eigenvalue weighted by Crippen LogP contribution is -2.46. The highest BCUT2D eigenvalue weighted by Crippen LogP contribution is 2.13. The van der Waals surface area contributed by atoms with E-state index in [-0.39, 0.29) is 0 Å². The van der Waals surface area contributed by atoms with Crippen molar-refractivity contribution in [3.05, 3.63) is 12.4 Å². The van der Waals surface area contributed by atoms with Gasteiger partial charge in [-0.1, -0.05) is 0 Å². The van der Waals surface area contributed by atoms with E-state index < -0.39 is 0 Å². The predicted octanol–water partition coefficient (Wildman–Crippen LogP) is 0.219. The molecule has 4 heteroatoms. The number of thioether (sulfide) groups is 1. The molecule has 1 N–H and O–H groups in total. The van der Waals surface area contributed by atoms with Gasteiger partial charge in [-0.15, -0.1) is 5.43 Å². The molecule has 1 fully saturated rings. The van der Waals surface area contributed by atoms with Crippen molar-refractivity contribution in [3.8, 4) is 0 Å². The molecule has 0 saturated carbocycles. The predicted molar refractivity (Wildman–Crippen MR) is 39.2 cm³/mol. The van der Waals surface area contributed by atoms with Crippen molar-refractivity contribution in [2.24, 2.45) is 4.99 Å². The molecule has 0 spiro atoms. The van der Waals surface area contributed by atoms with E-state index in [1.54, 1.807) is 18.0 Å². The Hall–Kier alpha value is -0.320. The molecule has 2 rings (SSSR count). The van der Waals surface area contributed by atoms with Gasteiger partial charge in [0.25, 0.3) is 0 Å². The number of hydrogen-bond donors (Lipinski definition) is 1. The average Bonchev–Trinajstić information content (AvgIpc) is 2.33. The standard InChI is InChI=1S/C5H7N3S/c1-3-8-5(6-1)9-4-2-7-8/h1,3,7H,2,4H2/q+1. The van der Waals surface area contributed by atoms with Crippen LogP contribution >= 0.6 is 11.8 Å². The van der Waals surface area contributed by atoms with Crippen LogP contribution in [0.1, 0.15) is 0 Å². The second-order valence-electron chi connectivity index (χ2n) is 1.84. The van der Waals surface area contributed by atoms with Gasteiger partial charge in [-0.3, -0.25) is 0 Å². The van der Waals surface area contributed by atoms with Crippen LogP contribution in [0.3, 0.4) is 0 Å². The second-order valence-corrected chi connectivity index (χ2v) is 2.90. The van der Waals surface area contributed by atoms with E-state index in [1.807, 2.05) is 11.2 Å². The van der Waals surface area contributed by atoms with Crippen LogP contribution in [-0.4, -0.2) is 17.5 Å². The monoisotopic (exact) mass is 141 g/mol. The first-order valence-corrected chi connectivity index (χ1v) is 3.85. The Morgan fingerprint density at radius 3 is 3.67 bits per heavy atom. The summed E-state index contributed by atoms with van der Waals surface area (Å²) in [6.45, 7) is 1.04. The molecule has 0 amide bonds. The molecule has 2 aliphatic rings. The van der Waals surface area contributed by atoms with Crippen LogP contribution in [0.2, 0.25) is 0 Å². The first-order valence-electron chi connectivity index (χ1n) is 2.87. The highest BCUT2D eigenvalue weighted by molar-refractivity contribution is 8.14. The van der Waals surface area contributed by atoms with Crippen LogP contribution in [0.15, 0.2) is 17.4 Å². The third-order valence-electron chi connectivity index (χ3n) is 1.22. The maximum atomic E-state index is 4.12. The van der Waals surface area contributed by atoms with E-state index >= 15 is 0 Å². The number of hydrazine groups is 1. The molecular weight excluding hydrogens is 134 g/mol. The first kappa shape index (κ1) is 5.46. The van der Waals surface area contributed by atoms with Crippen molar-refractivity contribution >= 4 is 16.9 Å². The van der Waals surface area contributed by atoms with Gasteiger partial charge in [0.2, 0.25) is 0 Å². The Kier molecular flexibility index (Phi) is 1.29. The molecule has 0 aromatic rings. The minimum Gasteiger partial charge on any atom is -0.186 e. The van der Waals surface area contributed by atoms with Gasteiger partial charge in [0.05, 0.1) is 12.7 Å². The van der Waals surface area contributed by atoms with Crippen LogP contribution in [0.4, 0.5) is 0 Å². The van der Waals surface area contributed by atoms with Crippen LogP contribution < -0.4 is 10.4 Å². The second kappa shape index (κ2) is 2.13. The van der Waals surface area contributed by atoms with Crippen molar-refractivity contribution in [1.82, 2.24) is 10.4 Å². The van der Waals surface area contributed by atoms with Crippen molar-refractivity contribution < 1.29 is 0 Å². The molecule has 2 aliphatic heterocycles. The van der Waals surface area contributed by atoms with Crippen molar-refractivity contribution in [3.63, 3.8) is 0 Å². The SMILES string of the molecule is C1=C[N+]2NCCSC2=N1. The van der Waals surface area contributed by atoms with E-state index in [4.69, 9.17) is 0 Å². The number of rotatable bonds is 0. The highest BCUT2D eigenvalue weighted by atomic mass is 32.2. The lowest BCUT2D eigenvalue weighted by atomic mass is 10.8. The van der Waals surface area contributed by atoms with Gasteiger partial charge in [-0.25, -0.2) is 0 Å². The first-order chi connectivity index (χ1) is 4.47. The summed E-state index contributed by atoms with van der Waals surface area (Å²) < 4.78 is 0. The molecule has 47 valence electrons. The minimum atomic E-state index is 1.04. The Balaban J connectivity index is 2.16. The number of fused-ring (bicyclic) bond motifs is 1. The number of hydrogen-bond acceptors (Lipinski definition) is 4. The third kappa shape index (κ3) is 0.891. The lowest BCUT2D eigenvalue weighted by Gasteiger charge is -2.09. The number of amidine groups is 1. The fourth-order valence-electron chi connectivity index (χ4n) is 0.825. The molecule has 0 unspecified atom stereocenters. The maximum Gasteiger partial charge on any atom is 0.340 e. The molecule has 9 heavy (non-hydrogen) atoms. The average molecular weight is 141 g/mol. The van der Waals surface area contributed by atoms with Crippen LogP contribution in [0, 0.1) is 0 Å². The van der Waals surface area contributed by atoms with Gasteiger partial charge in [0, 0.05) is 10.8 Å². The zero-order valence-electron chi connectivity index (χ0n) is 4.87. The summed E-state index contributed by atoms with van der Waals surface area (Å²) in [6.07, 6.45) is 3.74. The quantitative estimate of drug-likeness (QED) is 0.489. The largest absolute Gasteiger partial charge is 0.340 e. The van der Waals surface area contributed by atoms with Gasteiger partial charge < -0.3 is 0 Å². The minimum absolute atomic E-state index is 1.04. The fraction of sp³-hybridized carbons (Fsp3) is 0.400. The fourth-order valence-corrected chi connectivity index (χ4v) is 1.60. The molecule has 3 nitrogen and oxygen atoms in total. The van der Waals surface area contributed by atoms with Crippen molar-refractivity contribution in [1.29, 1.82) is 0 Å². The van der Waals surface area contributed by atoms with E-state index in [0.717, 1.165) is 17.5 Å². The summed E-state index contributed by atoms with van der Waals surface area (Å²) >= 11 is 1.78. The van der Waals surface area contributed by atoms with Gasteiger partial charge in [-0.2, -0.15) is 4.99 Å². The molecular formula is C5H7N3S+. The highest BCUT2D eigenvalue weighted by Gasteiger charge is 2.29. The van der Waals surface area contributed by atoms with Gasteiger partial charge >= 0.3 is 5.17 Å². The number of nitrogens with one attached hydrogen (secondary N) is 1. The Labute approximate surface area is 57.8 Å². The molecule has 0 aliphatic carbocycles. The number of aliphatic imine (C=N–C) groups is 1. The molecule has 1 radical (unpaired) electrons. The molecule has 2 heterocycles. The summed E-state index contributed by atoms with van der Waals surface area (Å²) in [6, 6.07) is 0. The zero-order chi connectivity index (χ0) is 6.10. The van der Waals surface area contributed by atoms with E-state index in [9.17, 15) is 0 Å². The van der Waals surface area contributed by atoms with Crippen LogP contribution in [0.5, 0.6) is 0 Å². The third-order valence-corrected chi connectivity index (χ3v) is 2.19. The summed E-state index contributed by atoms with van der Waals surface area (Å²) in [5, 5.41) is 3.02.